The van der Waals surface area contributed by atoms with Crippen LogP contribution in [-0.4, -0.2) is 24.4 Å². The summed E-state index contributed by atoms with van der Waals surface area (Å²) >= 11 is 9.40. The Morgan fingerprint density at radius 1 is 1.53 bits per heavy atom. The van der Waals surface area contributed by atoms with Crippen LogP contribution in [0.2, 0.25) is 5.02 Å². The Bertz CT molecular complexity index is 500. The second-order valence-electron chi connectivity index (χ2n) is 4.60. The Morgan fingerprint density at radius 2 is 2.26 bits per heavy atom. The van der Waals surface area contributed by atoms with Crippen molar-refractivity contribution in [1.29, 1.82) is 0 Å². The molecule has 0 radical (unpaired) electrons. The molecule has 0 unspecified atom stereocenters. The highest BCUT2D eigenvalue weighted by Crippen LogP contribution is 2.27. The van der Waals surface area contributed by atoms with Gasteiger partial charge in [0.15, 0.2) is 0 Å². The zero-order chi connectivity index (χ0) is 14.0. The number of rotatable bonds is 2. The van der Waals surface area contributed by atoms with E-state index in [1.807, 2.05) is 6.92 Å². The van der Waals surface area contributed by atoms with Gasteiger partial charge < -0.3 is 10.6 Å². The first-order chi connectivity index (χ1) is 8.97. The van der Waals surface area contributed by atoms with Crippen LogP contribution in [0.1, 0.15) is 28.8 Å². The van der Waals surface area contributed by atoms with Crippen LogP contribution in [0, 0.1) is 6.92 Å². The minimum Gasteiger partial charge on any atom is -0.354 e. The Kier molecular flexibility index (Phi) is 4.47. The topological polar surface area (TPSA) is 58.2 Å². The molecule has 2 rings (SSSR count). The van der Waals surface area contributed by atoms with E-state index in [0.29, 0.717) is 30.0 Å². The number of amides is 2. The number of hydrogen-bond donors (Lipinski definition) is 2. The molecule has 0 aliphatic carbocycles. The summed E-state index contributed by atoms with van der Waals surface area (Å²) in [6.07, 6.45) is 1.12. The fourth-order valence-corrected chi connectivity index (χ4v) is 2.48. The van der Waals surface area contributed by atoms with Crippen molar-refractivity contribution in [2.45, 2.75) is 25.8 Å². The molecule has 1 fully saturated rings. The zero-order valence-corrected chi connectivity index (χ0v) is 12.8. The average molecular weight is 346 g/mol. The lowest BCUT2D eigenvalue weighted by atomic mass is 10.1. The average Bonchev–Trinajstić information content (AvgIpc) is 2.38. The van der Waals surface area contributed by atoms with Crippen molar-refractivity contribution in [1.82, 2.24) is 10.6 Å². The third-order valence-electron chi connectivity index (χ3n) is 3.07. The molecule has 102 valence electrons. The van der Waals surface area contributed by atoms with Gasteiger partial charge in [0.25, 0.3) is 5.91 Å². The van der Waals surface area contributed by atoms with E-state index in [9.17, 15) is 9.59 Å². The van der Waals surface area contributed by atoms with Crippen LogP contribution in [0.3, 0.4) is 0 Å². The molecule has 19 heavy (non-hydrogen) atoms. The summed E-state index contributed by atoms with van der Waals surface area (Å²) in [5.74, 6) is -0.133. The van der Waals surface area contributed by atoms with E-state index < -0.39 is 0 Å². The normalized spacial score (nSPS) is 18.9. The molecule has 6 heteroatoms. The summed E-state index contributed by atoms with van der Waals surface area (Å²) in [7, 11) is 0. The number of aryl methyl sites for hydroxylation is 1. The second kappa shape index (κ2) is 5.92. The van der Waals surface area contributed by atoms with E-state index in [-0.39, 0.29) is 17.9 Å². The van der Waals surface area contributed by atoms with Gasteiger partial charge in [-0.15, -0.1) is 0 Å². The lowest BCUT2D eigenvalue weighted by Gasteiger charge is -2.23. The maximum absolute atomic E-state index is 12.1. The molecule has 0 bridgehead atoms. The van der Waals surface area contributed by atoms with Crippen molar-refractivity contribution >= 4 is 39.3 Å². The minimum absolute atomic E-state index is 0.0204. The van der Waals surface area contributed by atoms with E-state index in [2.05, 4.69) is 26.6 Å². The van der Waals surface area contributed by atoms with Crippen molar-refractivity contribution in [2.24, 2.45) is 0 Å². The molecule has 2 amide bonds. The smallest absolute Gasteiger partial charge is 0.251 e. The SMILES string of the molecule is Cc1cc(C(=O)N[C@@H]2CCC(=O)NC2)cc(Cl)c1Br. The molecule has 1 heterocycles. The molecule has 1 aliphatic heterocycles. The number of benzene rings is 1. The predicted molar refractivity (Wildman–Crippen MR) is 77.4 cm³/mol. The van der Waals surface area contributed by atoms with Crippen LogP contribution in [0.5, 0.6) is 0 Å². The maximum atomic E-state index is 12.1. The van der Waals surface area contributed by atoms with Crippen LogP contribution >= 0.6 is 27.5 Å². The number of halogens is 2. The highest BCUT2D eigenvalue weighted by atomic mass is 79.9. The highest BCUT2D eigenvalue weighted by Gasteiger charge is 2.20. The third-order valence-corrected chi connectivity index (χ3v) is 4.65. The molecule has 0 aromatic heterocycles. The van der Waals surface area contributed by atoms with Crippen LogP contribution in [0.25, 0.3) is 0 Å². The van der Waals surface area contributed by atoms with Crippen molar-refractivity contribution < 1.29 is 9.59 Å². The number of hydrogen-bond acceptors (Lipinski definition) is 2. The third kappa shape index (κ3) is 3.48. The standard InChI is InChI=1S/C13H14BrClN2O2/c1-7-4-8(5-10(15)12(7)14)13(19)17-9-2-3-11(18)16-6-9/h4-5,9H,2-3,6H2,1H3,(H,16,18)(H,17,19)/t9-/m1/s1. The van der Waals surface area contributed by atoms with Crippen molar-refractivity contribution in [3.63, 3.8) is 0 Å². The first kappa shape index (κ1) is 14.3. The van der Waals surface area contributed by atoms with E-state index in [1.54, 1.807) is 12.1 Å². The Labute approximate surface area is 125 Å². The first-order valence-electron chi connectivity index (χ1n) is 6.00. The van der Waals surface area contributed by atoms with Gasteiger partial charge in [0.05, 0.1) is 5.02 Å². The van der Waals surface area contributed by atoms with Gasteiger partial charge in [0.2, 0.25) is 5.91 Å². The van der Waals surface area contributed by atoms with Gasteiger partial charge >= 0.3 is 0 Å². The van der Waals surface area contributed by atoms with Crippen molar-refractivity contribution in [2.75, 3.05) is 6.54 Å². The van der Waals surface area contributed by atoms with E-state index >= 15 is 0 Å². The monoisotopic (exact) mass is 344 g/mol. The number of carbonyl (C=O) groups is 2. The summed E-state index contributed by atoms with van der Waals surface area (Å²) in [5, 5.41) is 6.15. The Hall–Kier alpha value is -1.07. The number of carbonyl (C=O) groups excluding carboxylic acids is 2. The van der Waals surface area contributed by atoms with E-state index in [0.717, 1.165) is 10.0 Å². The van der Waals surface area contributed by atoms with Gasteiger partial charge in [-0.1, -0.05) is 11.6 Å². The molecule has 4 nitrogen and oxygen atoms in total. The van der Waals surface area contributed by atoms with Crippen LogP contribution in [-0.2, 0) is 4.79 Å². The maximum Gasteiger partial charge on any atom is 0.251 e. The van der Waals surface area contributed by atoms with Gasteiger partial charge in [0.1, 0.15) is 0 Å². The molecule has 2 N–H and O–H groups in total. The fraction of sp³-hybridized carbons (Fsp3) is 0.385. The van der Waals surface area contributed by atoms with Gasteiger partial charge in [-0.3, -0.25) is 9.59 Å². The molecule has 0 saturated carbocycles. The molecule has 1 aliphatic rings. The molecule has 1 atom stereocenters. The summed E-state index contributed by atoms with van der Waals surface area (Å²) in [6, 6.07) is 3.40. The Balaban J connectivity index is 2.06. The van der Waals surface area contributed by atoms with Crippen LogP contribution in [0.15, 0.2) is 16.6 Å². The van der Waals surface area contributed by atoms with Gasteiger partial charge in [-0.05, 0) is 47.0 Å². The van der Waals surface area contributed by atoms with Crippen LogP contribution in [0.4, 0.5) is 0 Å². The number of nitrogens with one attached hydrogen (secondary N) is 2. The van der Waals surface area contributed by atoms with Crippen molar-refractivity contribution in [3.8, 4) is 0 Å². The van der Waals surface area contributed by atoms with E-state index in [4.69, 9.17) is 11.6 Å². The molecule has 0 spiro atoms. The molecular weight excluding hydrogens is 332 g/mol. The van der Waals surface area contributed by atoms with Crippen LogP contribution < -0.4 is 10.6 Å². The molecule has 1 aromatic rings. The molecule has 1 aromatic carbocycles. The fourth-order valence-electron chi connectivity index (χ4n) is 1.98. The molecule has 1 saturated heterocycles. The van der Waals surface area contributed by atoms with Gasteiger partial charge in [0, 0.05) is 29.0 Å². The van der Waals surface area contributed by atoms with Gasteiger partial charge in [-0.2, -0.15) is 0 Å². The lowest BCUT2D eigenvalue weighted by molar-refractivity contribution is -0.122. The minimum atomic E-state index is -0.168. The number of piperidine rings is 1. The summed E-state index contributed by atoms with van der Waals surface area (Å²) in [5.41, 5.74) is 1.44. The summed E-state index contributed by atoms with van der Waals surface area (Å²) in [6.45, 7) is 2.36. The predicted octanol–water partition coefficient (Wildman–Crippen LogP) is 2.42. The van der Waals surface area contributed by atoms with Gasteiger partial charge in [-0.25, -0.2) is 0 Å². The zero-order valence-electron chi connectivity index (χ0n) is 10.4. The quantitative estimate of drug-likeness (QED) is 0.865. The summed E-state index contributed by atoms with van der Waals surface area (Å²) in [4.78, 5) is 23.2. The largest absolute Gasteiger partial charge is 0.354 e. The Morgan fingerprint density at radius 3 is 2.84 bits per heavy atom. The molecular formula is C13H14BrClN2O2. The lowest BCUT2D eigenvalue weighted by Crippen LogP contribution is -2.47. The second-order valence-corrected chi connectivity index (χ2v) is 5.80. The first-order valence-corrected chi connectivity index (χ1v) is 7.17. The van der Waals surface area contributed by atoms with Crippen molar-refractivity contribution in [3.05, 3.63) is 32.8 Å². The summed E-state index contributed by atoms with van der Waals surface area (Å²) < 4.78 is 0.802. The van der Waals surface area contributed by atoms with E-state index in [1.165, 1.54) is 0 Å². The highest BCUT2D eigenvalue weighted by molar-refractivity contribution is 9.10.